The summed E-state index contributed by atoms with van der Waals surface area (Å²) in [5.74, 6) is -0.610. The van der Waals surface area contributed by atoms with Gasteiger partial charge >= 0.3 is 0 Å². The molecule has 9 heteroatoms. The highest BCUT2D eigenvalue weighted by Gasteiger charge is 2.29. The third kappa shape index (κ3) is 5.38. The first-order valence-electron chi connectivity index (χ1n) is 12.4. The number of hydrogen-bond acceptors (Lipinski definition) is 5. The smallest absolute Gasteiger partial charge is 0.255 e. The number of amides is 1. The van der Waals surface area contributed by atoms with Gasteiger partial charge in [0, 0.05) is 30.6 Å². The van der Waals surface area contributed by atoms with E-state index in [4.69, 9.17) is 14.6 Å². The van der Waals surface area contributed by atoms with Crippen LogP contribution in [-0.4, -0.2) is 40.6 Å². The molecule has 0 aliphatic carbocycles. The van der Waals surface area contributed by atoms with Crippen LogP contribution in [-0.2, 0) is 24.4 Å². The first-order chi connectivity index (χ1) is 18.4. The molecule has 0 saturated carbocycles. The highest BCUT2D eigenvalue weighted by atomic mass is 19.1. The van der Waals surface area contributed by atoms with Crippen LogP contribution in [0.25, 0.3) is 0 Å². The number of nitrogens with one attached hydrogen (secondary N) is 1. The van der Waals surface area contributed by atoms with Crippen molar-refractivity contribution < 1.29 is 18.7 Å². The third-order valence-electron chi connectivity index (χ3n) is 6.77. The monoisotopic (exact) mass is 516 g/mol. The summed E-state index contributed by atoms with van der Waals surface area (Å²) >= 11 is 0. The number of halogens is 1. The number of pyridine rings is 1. The average molecular weight is 517 g/mol. The summed E-state index contributed by atoms with van der Waals surface area (Å²) in [5.41, 5.74) is 4.22. The van der Waals surface area contributed by atoms with E-state index in [-0.39, 0.29) is 29.7 Å². The molecular formula is C29H29FN4O4. The quantitative estimate of drug-likeness (QED) is 0.367. The lowest BCUT2D eigenvalue weighted by Crippen LogP contribution is -2.30. The van der Waals surface area contributed by atoms with E-state index in [1.807, 2.05) is 30.3 Å². The van der Waals surface area contributed by atoms with Crippen LogP contribution in [0.1, 0.15) is 44.2 Å². The Kier molecular flexibility index (Phi) is 7.37. The maximum absolute atomic E-state index is 14.7. The number of methoxy groups -OCH3 is 1. The second kappa shape index (κ2) is 11.0. The molecule has 3 heterocycles. The van der Waals surface area contributed by atoms with Gasteiger partial charge < -0.3 is 19.4 Å². The van der Waals surface area contributed by atoms with Crippen LogP contribution in [0.3, 0.4) is 0 Å². The zero-order valence-corrected chi connectivity index (χ0v) is 21.3. The molecule has 1 aliphatic heterocycles. The first kappa shape index (κ1) is 25.4. The van der Waals surface area contributed by atoms with E-state index in [1.165, 1.54) is 7.11 Å². The highest BCUT2D eigenvalue weighted by molar-refractivity contribution is 5.95. The molecule has 2 aromatic carbocycles. The zero-order chi connectivity index (χ0) is 26.6. The van der Waals surface area contributed by atoms with E-state index in [0.29, 0.717) is 43.1 Å². The lowest BCUT2D eigenvalue weighted by Gasteiger charge is -2.25. The summed E-state index contributed by atoms with van der Waals surface area (Å²) in [4.78, 5) is 25.2. The molecule has 1 aliphatic rings. The Bertz CT molecular complexity index is 1510. The number of nitrogens with zero attached hydrogens (tertiary/aromatic N) is 3. The number of hydrogen-bond donors (Lipinski definition) is 1. The molecule has 0 unspecified atom stereocenters. The van der Waals surface area contributed by atoms with Gasteiger partial charge in [-0.1, -0.05) is 36.4 Å². The van der Waals surface area contributed by atoms with Gasteiger partial charge in [0.15, 0.2) is 11.6 Å². The van der Waals surface area contributed by atoms with Gasteiger partial charge in [-0.2, -0.15) is 5.10 Å². The van der Waals surface area contributed by atoms with Gasteiger partial charge in [-0.3, -0.25) is 14.3 Å². The van der Waals surface area contributed by atoms with E-state index in [1.54, 1.807) is 52.8 Å². The summed E-state index contributed by atoms with van der Waals surface area (Å²) in [6.45, 7) is 3.81. The number of carbonyl (C=O) groups excluding carboxylic acids is 1. The lowest BCUT2D eigenvalue weighted by molar-refractivity contribution is 0.00620. The molecule has 5 rings (SSSR count). The highest BCUT2D eigenvalue weighted by Crippen LogP contribution is 2.27. The van der Waals surface area contributed by atoms with Crippen LogP contribution in [0.2, 0.25) is 0 Å². The van der Waals surface area contributed by atoms with Gasteiger partial charge in [-0.05, 0) is 35.7 Å². The SMILES string of the molecule is COc1ccc(C)c(CNC(=O)c2cn(Cc3ccc(Cn4ccccc4=O)cc3)nc2C2COC2)c1F. The maximum atomic E-state index is 14.7. The van der Waals surface area contributed by atoms with E-state index < -0.39 is 5.82 Å². The summed E-state index contributed by atoms with van der Waals surface area (Å²) in [5, 5.41) is 7.55. The molecule has 38 heavy (non-hydrogen) atoms. The van der Waals surface area contributed by atoms with Crippen LogP contribution in [0.15, 0.2) is 71.8 Å². The molecule has 0 atom stereocenters. The molecule has 1 saturated heterocycles. The lowest BCUT2D eigenvalue weighted by atomic mass is 10.00. The fourth-order valence-electron chi connectivity index (χ4n) is 4.45. The molecule has 8 nitrogen and oxygen atoms in total. The second-order valence-corrected chi connectivity index (χ2v) is 9.40. The number of aryl methyl sites for hydroxylation is 1. The van der Waals surface area contributed by atoms with E-state index in [0.717, 1.165) is 16.7 Å². The predicted octanol–water partition coefficient (Wildman–Crippen LogP) is 3.64. The first-order valence-corrected chi connectivity index (χ1v) is 12.4. The average Bonchev–Trinajstić information content (AvgIpc) is 3.28. The predicted molar refractivity (Wildman–Crippen MR) is 140 cm³/mol. The largest absolute Gasteiger partial charge is 0.494 e. The molecule has 196 valence electrons. The van der Waals surface area contributed by atoms with Crippen LogP contribution < -0.4 is 15.6 Å². The van der Waals surface area contributed by atoms with Crippen molar-refractivity contribution in [1.82, 2.24) is 19.7 Å². The normalized spacial score (nSPS) is 13.2. The van der Waals surface area contributed by atoms with Gasteiger partial charge in [-0.15, -0.1) is 0 Å². The van der Waals surface area contributed by atoms with Gasteiger partial charge in [-0.25, -0.2) is 4.39 Å². The van der Waals surface area contributed by atoms with E-state index in [2.05, 4.69) is 5.32 Å². The Balaban J connectivity index is 1.30. The zero-order valence-electron chi connectivity index (χ0n) is 21.3. The Hall–Kier alpha value is -4.24. The van der Waals surface area contributed by atoms with Crippen molar-refractivity contribution in [1.29, 1.82) is 0 Å². The molecule has 1 fully saturated rings. The fourth-order valence-corrected chi connectivity index (χ4v) is 4.45. The van der Waals surface area contributed by atoms with Crippen molar-refractivity contribution in [3.8, 4) is 5.75 Å². The number of aromatic nitrogens is 3. The van der Waals surface area contributed by atoms with Crippen molar-refractivity contribution in [3.63, 3.8) is 0 Å². The topological polar surface area (TPSA) is 87.4 Å². The van der Waals surface area contributed by atoms with Gasteiger partial charge in [0.25, 0.3) is 11.5 Å². The van der Waals surface area contributed by atoms with Crippen molar-refractivity contribution in [2.75, 3.05) is 20.3 Å². The summed E-state index contributed by atoms with van der Waals surface area (Å²) in [7, 11) is 1.41. The molecular weight excluding hydrogens is 487 g/mol. The minimum Gasteiger partial charge on any atom is -0.494 e. The van der Waals surface area contributed by atoms with E-state index in [9.17, 15) is 14.0 Å². The van der Waals surface area contributed by atoms with Crippen molar-refractivity contribution >= 4 is 5.91 Å². The molecule has 0 spiro atoms. The Labute approximate surface area is 219 Å². The molecule has 1 N–H and O–H groups in total. The standard InChI is InChI=1S/C29H29FN4O4/c1-19-6-11-25(37-2)27(30)23(19)13-31-29(36)24-16-34(32-28(24)22-17-38-18-22)15-21-9-7-20(8-10-21)14-33-12-4-3-5-26(33)35/h3-12,16,22H,13-15,17-18H2,1-2H3,(H,31,36). The van der Waals surface area contributed by atoms with Crippen LogP contribution in [0, 0.1) is 12.7 Å². The number of ether oxygens (including phenoxy) is 2. The summed E-state index contributed by atoms with van der Waals surface area (Å²) in [6.07, 6.45) is 3.50. The number of rotatable bonds is 9. The molecule has 2 aromatic heterocycles. The fraction of sp³-hybridized carbons (Fsp3) is 0.276. The Morgan fingerprint density at radius 2 is 1.84 bits per heavy atom. The minimum absolute atomic E-state index is 0.0332. The van der Waals surface area contributed by atoms with Crippen molar-refractivity contribution in [3.05, 3.63) is 117 Å². The Morgan fingerprint density at radius 3 is 2.50 bits per heavy atom. The molecule has 0 bridgehead atoms. The second-order valence-electron chi connectivity index (χ2n) is 9.40. The minimum atomic E-state index is -0.475. The van der Waals surface area contributed by atoms with Crippen LogP contribution >= 0.6 is 0 Å². The molecule has 0 radical (unpaired) electrons. The molecule has 1 amide bonds. The summed E-state index contributed by atoms with van der Waals surface area (Å²) < 4.78 is 28.6. The van der Waals surface area contributed by atoms with Gasteiger partial charge in [0.05, 0.1) is 50.6 Å². The van der Waals surface area contributed by atoms with Gasteiger partial charge in [0.1, 0.15) is 0 Å². The Morgan fingerprint density at radius 1 is 1.11 bits per heavy atom. The van der Waals surface area contributed by atoms with E-state index >= 15 is 0 Å². The number of benzene rings is 2. The maximum Gasteiger partial charge on any atom is 0.255 e. The van der Waals surface area contributed by atoms with Crippen molar-refractivity contribution in [2.24, 2.45) is 0 Å². The van der Waals surface area contributed by atoms with Gasteiger partial charge in [0.2, 0.25) is 0 Å². The number of carbonyl (C=O) groups is 1. The van der Waals surface area contributed by atoms with Crippen molar-refractivity contribution in [2.45, 2.75) is 32.5 Å². The molecule has 4 aromatic rings. The third-order valence-corrected chi connectivity index (χ3v) is 6.77. The summed E-state index contributed by atoms with van der Waals surface area (Å²) in [6, 6.07) is 16.4. The van der Waals surface area contributed by atoms with Crippen LogP contribution in [0.4, 0.5) is 4.39 Å². The van der Waals surface area contributed by atoms with Crippen LogP contribution in [0.5, 0.6) is 5.75 Å².